The van der Waals surface area contributed by atoms with Gasteiger partial charge in [-0.25, -0.2) is 14.2 Å². The highest BCUT2D eigenvalue weighted by atomic mass is 19.1. The van der Waals surface area contributed by atoms with Gasteiger partial charge in [0.15, 0.2) is 5.69 Å². The summed E-state index contributed by atoms with van der Waals surface area (Å²) in [7, 11) is 0. The Morgan fingerprint density at radius 1 is 1.40 bits per heavy atom. The van der Waals surface area contributed by atoms with Crippen molar-refractivity contribution in [1.82, 2.24) is 9.55 Å². The van der Waals surface area contributed by atoms with Crippen LogP contribution in [0.15, 0.2) is 24.3 Å². The molecule has 0 spiro atoms. The maximum atomic E-state index is 13.0. The SMILES string of the molecule is CC1CCCc2c(C(=O)O)nc(-c3ccc(F)cc3)n21. The third-order valence-corrected chi connectivity index (χ3v) is 3.79. The Morgan fingerprint density at radius 2 is 2.10 bits per heavy atom. The molecule has 0 aliphatic carbocycles. The molecule has 1 aromatic heterocycles. The van der Waals surface area contributed by atoms with Gasteiger partial charge in [-0.1, -0.05) is 0 Å². The van der Waals surface area contributed by atoms with Gasteiger partial charge in [0.2, 0.25) is 0 Å². The number of halogens is 1. The third-order valence-electron chi connectivity index (χ3n) is 3.79. The molecule has 5 heteroatoms. The number of fused-ring (bicyclic) bond motifs is 1. The molecule has 1 aliphatic rings. The highest BCUT2D eigenvalue weighted by Gasteiger charge is 2.27. The molecular formula is C15H15FN2O2. The number of carboxylic acids is 1. The van der Waals surface area contributed by atoms with E-state index in [0.717, 1.165) is 30.5 Å². The van der Waals surface area contributed by atoms with E-state index in [4.69, 9.17) is 0 Å². The Balaban J connectivity index is 2.20. The maximum absolute atomic E-state index is 13.0. The maximum Gasteiger partial charge on any atom is 0.356 e. The predicted octanol–water partition coefficient (Wildman–Crippen LogP) is 3.28. The number of rotatable bonds is 2. The lowest BCUT2D eigenvalue weighted by Crippen LogP contribution is -2.17. The average Bonchev–Trinajstić information content (AvgIpc) is 2.81. The highest BCUT2D eigenvalue weighted by Crippen LogP contribution is 2.33. The fourth-order valence-corrected chi connectivity index (χ4v) is 2.85. The number of benzene rings is 1. The standard InChI is InChI=1S/C15H15FN2O2/c1-9-3-2-4-12-13(15(19)20)17-14(18(9)12)10-5-7-11(16)8-6-10/h5-9H,2-4H2,1H3,(H,19,20). The number of aromatic carboxylic acids is 1. The summed E-state index contributed by atoms with van der Waals surface area (Å²) >= 11 is 0. The molecule has 0 saturated carbocycles. The zero-order chi connectivity index (χ0) is 14.3. The van der Waals surface area contributed by atoms with Crippen molar-refractivity contribution in [2.45, 2.75) is 32.2 Å². The van der Waals surface area contributed by atoms with Crippen LogP contribution in [0, 0.1) is 5.82 Å². The van der Waals surface area contributed by atoms with E-state index in [-0.39, 0.29) is 17.6 Å². The van der Waals surface area contributed by atoms with Crippen molar-refractivity contribution in [2.75, 3.05) is 0 Å². The molecular weight excluding hydrogens is 259 g/mol. The molecule has 4 nitrogen and oxygen atoms in total. The molecule has 0 saturated heterocycles. The van der Waals surface area contributed by atoms with Crippen LogP contribution >= 0.6 is 0 Å². The van der Waals surface area contributed by atoms with E-state index in [1.54, 1.807) is 12.1 Å². The van der Waals surface area contributed by atoms with Crippen molar-refractivity contribution in [3.05, 3.63) is 41.5 Å². The molecule has 2 aromatic rings. The van der Waals surface area contributed by atoms with Crippen molar-refractivity contribution < 1.29 is 14.3 Å². The molecule has 20 heavy (non-hydrogen) atoms. The Kier molecular flexibility index (Phi) is 3.04. The van der Waals surface area contributed by atoms with Crippen LogP contribution in [0.1, 0.15) is 42.0 Å². The second-order valence-electron chi connectivity index (χ2n) is 5.15. The number of nitrogens with zero attached hydrogens (tertiary/aromatic N) is 2. The first-order valence-electron chi connectivity index (χ1n) is 6.68. The average molecular weight is 274 g/mol. The summed E-state index contributed by atoms with van der Waals surface area (Å²) in [4.78, 5) is 15.6. The number of hydrogen-bond acceptors (Lipinski definition) is 2. The van der Waals surface area contributed by atoms with Crippen molar-refractivity contribution in [2.24, 2.45) is 0 Å². The Bertz CT molecular complexity index is 661. The van der Waals surface area contributed by atoms with Gasteiger partial charge in [-0.05, 0) is 50.5 Å². The lowest BCUT2D eigenvalue weighted by Gasteiger charge is -2.24. The zero-order valence-electron chi connectivity index (χ0n) is 11.1. The summed E-state index contributed by atoms with van der Waals surface area (Å²) in [5.41, 5.74) is 1.64. The molecule has 0 radical (unpaired) electrons. The van der Waals surface area contributed by atoms with Crippen LogP contribution < -0.4 is 0 Å². The first-order valence-corrected chi connectivity index (χ1v) is 6.68. The Morgan fingerprint density at radius 3 is 2.75 bits per heavy atom. The molecule has 1 aliphatic heterocycles. The molecule has 2 heterocycles. The van der Waals surface area contributed by atoms with E-state index in [0.29, 0.717) is 5.82 Å². The summed E-state index contributed by atoms with van der Waals surface area (Å²) in [6.07, 6.45) is 2.69. The number of aromatic nitrogens is 2. The lowest BCUT2D eigenvalue weighted by atomic mass is 10.0. The molecule has 0 bridgehead atoms. The molecule has 1 N–H and O–H groups in total. The molecule has 0 fully saturated rings. The fraction of sp³-hybridized carbons (Fsp3) is 0.333. The lowest BCUT2D eigenvalue weighted by molar-refractivity contribution is 0.0689. The van der Waals surface area contributed by atoms with Crippen LogP contribution in [-0.2, 0) is 6.42 Å². The minimum atomic E-state index is -1.00. The molecule has 3 rings (SSSR count). The van der Waals surface area contributed by atoms with E-state index in [2.05, 4.69) is 11.9 Å². The summed E-state index contributed by atoms with van der Waals surface area (Å²) in [6.45, 7) is 2.06. The van der Waals surface area contributed by atoms with Gasteiger partial charge in [0.05, 0.1) is 5.69 Å². The van der Waals surface area contributed by atoms with E-state index >= 15 is 0 Å². The summed E-state index contributed by atoms with van der Waals surface area (Å²) in [5, 5.41) is 9.30. The van der Waals surface area contributed by atoms with Gasteiger partial charge in [-0.2, -0.15) is 0 Å². The van der Waals surface area contributed by atoms with Crippen molar-refractivity contribution in [3.63, 3.8) is 0 Å². The normalized spacial score (nSPS) is 17.8. The number of hydrogen-bond donors (Lipinski definition) is 1. The van der Waals surface area contributed by atoms with Gasteiger partial charge >= 0.3 is 5.97 Å². The highest BCUT2D eigenvalue weighted by molar-refractivity contribution is 5.88. The fourth-order valence-electron chi connectivity index (χ4n) is 2.85. The summed E-state index contributed by atoms with van der Waals surface area (Å²) in [5.74, 6) is -0.702. The van der Waals surface area contributed by atoms with Gasteiger partial charge in [0.25, 0.3) is 0 Å². The number of carbonyl (C=O) groups is 1. The predicted molar refractivity (Wildman–Crippen MR) is 72.2 cm³/mol. The summed E-state index contributed by atoms with van der Waals surface area (Å²) in [6, 6.07) is 6.21. The van der Waals surface area contributed by atoms with Gasteiger partial charge < -0.3 is 9.67 Å². The van der Waals surface area contributed by atoms with Crippen molar-refractivity contribution in [1.29, 1.82) is 0 Å². The van der Waals surface area contributed by atoms with E-state index in [1.807, 2.05) is 4.57 Å². The quantitative estimate of drug-likeness (QED) is 0.914. The zero-order valence-corrected chi connectivity index (χ0v) is 11.1. The molecule has 0 amide bonds. The van der Waals surface area contributed by atoms with Crippen LogP contribution in [0.5, 0.6) is 0 Å². The van der Waals surface area contributed by atoms with Gasteiger partial charge in [0, 0.05) is 11.6 Å². The topological polar surface area (TPSA) is 55.1 Å². The second kappa shape index (κ2) is 4.74. The van der Waals surface area contributed by atoms with Crippen LogP contribution in [0.3, 0.4) is 0 Å². The monoisotopic (exact) mass is 274 g/mol. The van der Waals surface area contributed by atoms with Crippen LogP contribution in [0.4, 0.5) is 4.39 Å². The molecule has 1 aromatic carbocycles. The van der Waals surface area contributed by atoms with E-state index in [9.17, 15) is 14.3 Å². The van der Waals surface area contributed by atoms with Gasteiger partial charge in [-0.3, -0.25) is 0 Å². The summed E-state index contributed by atoms with van der Waals surface area (Å²) < 4.78 is 15.0. The Labute approximate surface area is 115 Å². The Hall–Kier alpha value is -2.17. The van der Waals surface area contributed by atoms with Crippen LogP contribution in [0.25, 0.3) is 11.4 Å². The van der Waals surface area contributed by atoms with Crippen molar-refractivity contribution >= 4 is 5.97 Å². The van der Waals surface area contributed by atoms with Crippen molar-refractivity contribution in [3.8, 4) is 11.4 Å². The minimum absolute atomic E-state index is 0.121. The third kappa shape index (κ3) is 1.99. The van der Waals surface area contributed by atoms with E-state index < -0.39 is 5.97 Å². The molecule has 1 unspecified atom stereocenters. The van der Waals surface area contributed by atoms with Gasteiger partial charge in [-0.15, -0.1) is 0 Å². The first-order chi connectivity index (χ1) is 9.58. The minimum Gasteiger partial charge on any atom is -0.476 e. The van der Waals surface area contributed by atoms with Crippen LogP contribution in [-0.4, -0.2) is 20.6 Å². The first kappa shape index (κ1) is 12.8. The molecule has 1 atom stereocenters. The number of carboxylic acid groups (broad SMARTS) is 1. The second-order valence-corrected chi connectivity index (χ2v) is 5.15. The molecule has 104 valence electrons. The largest absolute Gasteiger partial charge is 0.476 e. The van der Waals surface area contributed by atoms with E-state index in [1.165, 1.54) is 12.1 Å². The smallest absolute Gasteiger partial charge is 0.356 e. The number of imidazole rings is 1. The van der Waals surface area contributed by atoms with Gasteiger partial charge in [0.1, 0.15) is 11.6 Å². The van der Waals surface area contributed by atoms with Crippen LogP contribution in [0.2, 0.25) is 0 Å².